The molecule has 1 saturated carbocycles. The average Bonchev–Trinajstić information content (AvgIpc) is 3.02. The zero-order valence-electron chi connectivity index (χ0n) is 14.5. The molecule has 4 rings (SSSR count). The van der Waals surface area contributed by atoms with Gasteiger partial charge in [-0.2, -0.15) is 0 Å². The van der Waals surface area contributed by atoms with Crippen molar-refractivity contribution in [3.05, 3.63) is 53.7 Å². The minimum Gasteiger partial charge on any atom is -0.367 e. The van der Waals surface area contributed by atoms with Crippen molar-refractivity contribution < 1.29 is 4.79 Å². The molecule has 0 atom stereocenters. The molecule has 0 spiro atoms. The maximum Gasteiger partial charge on any atom is 0.150 e. The van der Waals surface area contributed by atoms with Gasteiger partial charge in [0.15, 0.2) is 0 Å². The quantitative estimate of drug-likeness (QED) is 0.693. The van der Waals surface area contributed by atoms with Crippen molar-refractivity contribution in [3.8, 4) is 11.3 Å². The second-order valence-corrected chi connectivity index (χ2v) is 6.89. The summed E-state index contributed by atoms with van der Waals surface area (Å²) in [5, 5.41) is 3.77. The van der Waals surface area contributed by atoms with E-state index in [4.69, 9.17) is 4.98 Å². The van der Waals surface area contributed by atoms with Crippen molar-refractivity contribution in [2.24, 2.45) is 0 Å². The van der Waals surface area contributed by atoms with Gasteiger partial charge in [0, 0.05) is 22.9 Å². The number of aromatic nitrogens is 2. The number of aryl methyl sites for hydroxylation is 1. The normalized spacial score (nSPS) is 15.4. The number of hydrogen-bond acceptors (Lipinski definition) is 3. The van der Waals surface area contributed by atoms with E-state index in [-0.39, 0.29) is 0 Å². The largest absolute Gasteiger partial charge is 0.367 e. The lowest BCUT2D eigenvalue weighted by Crippen LogP contribution is -2.23. The Kier molecular flexibility index (Phi) is 4.26. The summed E-state index contributed by atoms with van der Waals surface area (Å²) in [7, 11) is 0. The highest BCUT2D eigenvalue weighted by molar-refractivity contribution is 5.80. The fourth-order valence-corrected chi connectivity index (χ4v) is 3.75. The van der Waals surface area contributed by atoms with E-state index in [2.05, 4.69) is 22.7 Å². The zero-order valence-corrected chi connectivity index (χ0v) is 14.5. The van der Waals surface area contributed by atoms with E-state index in [1.807, 2.05) is 36.4 Å². The first-order valence-corrected chi connectivity index (χ1v) is 9.06. The van der Waals surface area contributed by atoms with Gasteiger partial charge in [0.05, 0.1) is 0 Å². The van der Waals surface area contributed by atoms with Crippen LogP contribution in [0.25, 0.3) is 16.9 Å². The van der Waals surface area contributed by atoms with E-state index in [1.165, 1.54) is 37.8 Å². The number of imidazole rings is 1. The van der Waals surface area contributed by atoms with E-state index in [9.17, 15) is 4.79 Å². The minimum absolute atomic E-state index is 0.501. The lowest BCUT2D eigenvalue weighted by Gasteiger charge is -2.24. The summed E-state index contributed by atoms with van der Waals surface area (Å²) < 4.78 is 2.21. The van der Waals surface area contributed by atoms with Crippen LogP contribution in [0.2, 0.25) is 0 Å². The number of nitrogens with zero attached hydrogens (tertiary/aromatic N) is 2. The maximum atomic E-state index is 10.9. The Bertz CT molecular complexity index is 889. The first-order valence-electron chi connectivity index (χ1n) is 9.06. The SMILES string of the molecule is Cc1cccc2nc(-c3ccc(C=O)cc3)c(NC3CCCCC3)n12. The molecular weight excluding hydrogens is 310 g/mol. The van der Waals surface area contributed by atoms with Gasteiger partial charge in [-0.1, -0.05) is 49.6 Å². The lowest BCUT2D eigenvalue weighted by atomic mass is 9.95. The Morgan fingerprint density at radius 1 is 1.08 bits per heavy atom. The third kappa shape index (κ3) is 3.04. The fraction of sp³-hybridized carbons (Fsp3) is 0.333. The third-order valence-corrected chi connectivity index (χ3v) is 5.11. The van der Waals surface area contributed by atoms with Crippen molar-refractivity contribution >= 4 is 17.8 Å². The topological polar surface area (TPSA) is 46.4 Å². The molecule has 1 N–H and O–H groups in total. The molecule has 0 saturated heterocycles. The third-order valence-electron chi connectivity index (χ3n) is 5.11. The molecule has 2 heterocycles. The molecule has 2 aromatic heterocycles. The van der Waals surface area contributed by atoms with Crippen LogP contribution in [0.4, 0.5) is 5.82 Å². The lowest BCUT2D eigenvalue weighted by molar-refractivity contribution is 0.112. The number of pyridine rings is 1. The molecule has 1 aliphatic carbocycles. The van der Waals surface area contributed by atoms with Crippen LogP contribution in [0, 0.1) is 6.92 Å². The van der Waals surface area contributed by atoms with E-state index >= 15 is 0 Å². The molecule has 1 aliphatic rings. The summed E-state index contributed by atoms with van der Waals surface area (Å²) in [4.78, 5) is 15.8. The molecule has 25 heavy (non-hydrogen) atoms. The number of benzene rings is 1. The second-order valence-electron chi connectivity index (χ2n) is 6.89. The highest BCUT2D eigenvalue weighted by atomic mass is 16.1. The molecule has 0 amide bonds. The van der Waals surface area contributed by atoms with Crippen LogP contribution >= 0.6 is 0 Å². The molecule has 0 radical (unpaired) electrons. The molecular formula is C21H23N3O. The van der Waals surface area contributed by atoms with E-state index in [0.717, 1.165) is 29.0 Å². The second kappa shape index (κ2) is 6.71. The van der Waals surface area contributed by atoms with Gasteiger partial charge in [-0.25, -0.2) is 4.98 Å². The summed E-state index contributed by atoms with van der Waals surface area (Å²) >= 11 is 0. The summed E-state index contributed by atoms with van der Waals surface area (Å²) in [6.07, 6.45) is 7.21. The maximum absolute atomic E-state index is 10.9. The van der Waals surface area contributed by atoms with Crippen LogP contribution in [0.1, 0.15) is 48.2 Å². The van der Waals surface area contributed by atoms with Crippen molar-refractivity contribution in [1.29, 1.82) is 0 Å². The van der Waals surface area contributed by atoms with Gasteiger partial charge < -0.3 is 5.32 Å². The van der Waals surface area contributed by atoms with Crippen LogP contribution in [0.15, 0.2) is 42.5 Å². The monoisotopic (exact) mass is 333 g/mol. The molecule has 3 aromatic rings. The van der Waals surface area contributed by atoms with Crippen LogP contribution in [-0.2, 0) is 0 Å². The van der Waals surface area contributed by atoms with Gasteiger partial charge in [0.2, 0.25) is 0 Å². The average molecular weight is 333 g/mol. The number of hydrogen-bond donors (Lipinski definition) is 1. The number of rotatable bonds is 4. The predicted octanol–water partition coefficient (Wildman–Crippen LogP) is 4.87. The van der Waals surface area contributed by atoms with Gasteiger partial charge in [-0.15, -0.1) is 0 Å². The summed E-state index contributed by atoms with van der Waals surface area (Å²) in [5.74, 6) is 1.07. The molecule has 1 aromatic carbocycles. The number of fused-ring (bicyclic) bond motifs is 1. The van der Waals surface area contributed by atoms with Crippen molar-refractivity contribution in [2.45, 2.75) is 45.1 Å². The van der Waals surface area contributed by atoms with Gasteiger partial charge >= 0.3 is 0 Å². The molecule has 0 aliphatic heterocycles. The number of carbonyl (C=O) groups excluding carboxylic acids is 1. The van der Waals surface area contributed by atoms with Crippen molar-refractivity contribution in [2.75, 3.05) is 5.32 Å². The zero-order chi connectivity index (χ0) is 17.2. The number of anilines is 1. The molecule has 128 valence electrons. The van der Waals surface area contributed by atoms with Crippen molar-refractivity contribution in [1.82, 2.24) is 9.38 Å². The number of nitrogens with one attached hydrogen (secondary N) is 1. The molecule has 4 heteroatoms. The fourth-order valence-electron chi connectivity index (χ4n) is 3.75. The standard InChI is InChI=1S/C21H23N3O/c1-15-6-5-9-19-23-20(17-12-10-16(14-25)11-13-17)21(24(15)19)22-18-7-3-2-4-8-18/h5-6,9-14,18,22H,2-4,7-8H2,1H3. The summed E-state index contributed by atoms with van der Waals surface area (Å²) in [6, 6.07) is 14.4. The van der Waals surface area contributed by atoms with E-state index in [1.54, 1.807) is 0 Å². The Morgan fingerprint density at radius 3 is 2.56 bits per heavy atom. The first-order chi connectivity index (χ1) is 12.3. The van der Waals surface area contributed by atoms with Gasteiger partial charge in [-0.05, 0) is 31.9 Å². The van der Waals surface area contributed by atoms with Crippen molar-refractivity contribution in [3.63, 3.8) is 0 Å². The van der Waals surface area contributed by atoms with E-state index in [0.29, 0.717) is 11.6 Å². The summed E-state index contributed by atoms with van der Waals surface area (Å²) in [5.41, 5.74) is 4.79. The Morgan fingerprint density at radius 2 is 1.84 bits per heavy atom. The van der Waals surface area contributed by atoms with E-state index < -0.39 is 0 Å². The Balaban J connectivity index is 1.82. The van der Waals surface area contributed by atoms with Crippen LogP contribution < -0.4 is 5.32 Å². The van der Waals surface area contributed by atoms with Gasteiger partial charge in [0.1, 0.15) is 23.4 Å². The highest BCUT2D eigenvalue weighted by Crippen LogP contribution is 2.32. The van der Waals surface area contributed by atoms with Crippen LogP contribution in [0.5, 0.6) is 0 Å². The highest BCUT2D eigenvalue weighted by Gasteiger charge is 2.20. The minimum atomic E-state index is 0.501. The molecule has 4 nitrogen and oxygen atoms in total. The van der Waals surface area contributed by atoms with Crippen LogP contribution in [0.3, 0.4) is 0 Å². The number of carbonyl (C=O) groups is 1. The Hall–Kier alpha value is -2.62. The smallest absolute Gasteiger partial charge is 0.150 e. The molecule has 0 unspecified atom stereocenters. The van der Waals surface area contributed by atoms with Gasteiger partial charge in [-0.3, -0.25) is 9.20 Å². The summed E-state index contributed by atoms with van der Waals surface area (Å²) in [6.45, 7) is 2.11. The Labute approximate surface area is 147 Å². The number of aldehydes is 1. The van der Waals surface area contributed by atoms with Crippen LogP contribution in [-0.4, -0.2) is 21.7 Å². The molecule has 1 fully saturated rings. The molecule has 0 bridgehead atoms. The predicted molar refractivity (Wildman–Crippen MR) is 101 cm³/mol. The van der Waals surface area contributed by atoms with Gasteiger partial charge in [0.25, 0.3) is 0 Å². The first kappa shape index (κ1) is 15.9.